The van der Waals surface area contributed by atoms with Crippen LogP contribution in [0, 0.1) is 0 Å². The molecule has 1 atom stereocenters. The van der Waals surface area contributed by atoms with Gasteiger partial charge < -0.3 is 10.3 Å². The molecule has 2 rings (SSSR count). The highest BCUT2D eigenvalue weighted by Crippen LogP contribution is 2.35. The molecule has 0 aliphatic rings. The highest BCUT2D eigenvalue weighted by atomic mass is 35.5. The van der Waals surface area contributed by atoms with Gasteiger partial charge in [-0.2, -0.15) is 0 Å². The van der Waals surface area contributed by atoms with Crippen LogP contribution in [0.2, 0.25) is 5.02 Å². The molecule has 2 N–H and O–H groups in total. The van der Waals surface area contributed by atoms with Gasteiger partial charge in [0, 0.05) is 17.6 Å². The quantitative estimate of drug-likeness (QED) is 0.693. The van der Waals surface area contributed by atoms with Crippen LogP contribution in [0.3, 0.4) is 0 Å². The fourth-order valence-corrected chi connectivity index (χ4v) is 2.35. The zero-order valence-electron chi connectivity index (χ0n) is 11.4. The molecule has 0 spiro atoms. The molecule has 104 valence electrons. The fourth-order valence-electron chi connectivity index (χ4n) is 2.16. The molecule has 1 unspecified atom stereocenters. The predicted molar refractivity (Wildman–Crippen MR) is 82.3 cm³/mol. The third-order valence-electron chi connectivity index (χ3n) is 2.98. The van der Waals surface area contributed by atoms with Crippen LogP contribution in [0.1, 0.15) is 18.2 Å². The van der Waals surface area contributed by atoms with E-state index in [9.17, 15) is 0 Å². The van der Waals surface area contributed by atoms with Crippen LogP contribution in [0.4, 0.5) is 0 Å². The van der Waals surface area contributed by atoms with Gasteiger partial charge in [0.05, 0.1) is 24.6 Å². The van der Waals surface area contributed by atoms with Gasteiger partial charge in [0.15, 0.2) is 0 Å². The van der Waals surface area contributed by atoms with Gasteiger partial charge in [0.1, 0.15) is 0 Å². The lowest BCUT2D eigenvalue weighted by atomic mass is 9.97. The van der Waals surface area contributed by atoms with Gasteiger partial charge >= 0.3 is 0 Å². The minimum Gasteiger partial charge on any atom is -0.390 e. The summed E-state index contributed by atoms with van der Waals surface area (Å²) in [5, 5.41) is 0.618. The maximum atomic E-state index is 6.09. The molecule has 0 radical (unpaired) electrons. The average molecular weight is 290 g/mol. The van der Waals surface area contributed by atoms with Crippen LogP contribution in [-0.2, 0) is 12.7 Å². The lowest BCUT2D eigenvalue weighted by Crippen LogP contribution is -2.27. The molecule has 0 bridgehead atoms. The molecule has 0 aliphatic carbocycles. The Morgan fingerprint density at radius 3 is 2.75 bits per heavy atom. The van der Waals surface area contributed by atoms with Crippen LogP contribution in [0.25, 0.3) is 0 Å². The summed E-state index contributed by atoms with van der Waals surface area (Å²) in [6.07, 6.45) is 6.37. The third-order valence-corrected chi connectivity index (χ3v) is 3.21. The first-order valence-electron chi connectivity index (χ1n) is 6.12. The van der Waals surface area contributed by atoms with Crippen molar-refractivity contribution in [1.29, 1.82) is 0 Å². The van der Waals surface area contributed by atoms with Gasteiger partial charge in [-0.3, -0.25) is 4.99 Å². The SMILES string of the molecule is CC=NC(N=CN)(c1cccc(Cl)c1)c1cncn1C. The number of imidazole rings is 1. The number of aryl methyl sites for hydroxylation is 1. The number of rotatable bonds is 4. The maximum absolute atomic E-state index is 6.09. The molecule has 1 heterocycles. The fraction of sp³-hybridized carbons (Fsp3) is 0.214. The molecular formula is C14H16ClN5. The number of hydrogen-bond acceptors (Lipinski definition) is 3. The van der Waals surface area contributed by atoms with E-state index in [1.807, 2.05) is 36.7 Å². The van der Waals surface area contributed by atoms with Gasteiger partial charge in [0.25, 0.3) is 0 Å². The summed E-state index contributed by atoms with van der Waals surface area (Å²) in [4.78, 5) is 13.1. The number of benzene rings is 1. The predicted octanol–water partition coefficient (Wildman–Crippen LogP) is 2.35. The standard InChI is InChI=1S/C14H16ClN5/c1-3-18-14(19-9-16,13-8-17-10-20(13)2)11-5-4-6-12(15)7-11/h3-10H,1-2H3,(H2,16,19). The molecule has 20 heavy (non-hydrogen) atoms. The summed E-state index contributed by atoms with van der Waals surface area (Å²) in [5.41, 5.74) is 6.21. The first-order chi connectivity index (χ1) is 9.64. The number of nitrogens with two attached hydrogens (primary N) is 1. The largest absolute Gasteiger partial charge is 0.390 e. The smallest absolute Gasteiger partial charge is 0.218 e. The van der Waals surface area contributed by atoms with Gasteiger partial charge in [-0.05, 0) is 25.3 Å². The van der Waals surface area contributed by atoms with E-state index in [2.05, 4.69) is 15.0 Å². The van der Waals surface area contributed by atoms with Gasteiger partial charge in [-0.25, -0.2) is 9.98 Å². The Balaban J connectivity index is 2.75. The van der Waals surface area contributed by atoms with Gasteiger partial charge in [0.2, 0.25) is 5.66 Å². The monoisotopic (exact) mass is 289 g/mol. The molecule has 0 aliphatic heterocycles. The second-order valence-corrected chi connectivity index (χ2v) is 4.67. The Morgan fingerprint density at radius 1 is 1.40 bits per heavy atom. The summed E-state index contributed by atoms with van der Waals surface area (Å²) in [6.45, 7) is 1.84. The summed E-state index contributed by atoms with van der Waals surface area (Å²) >= 11 is 6.09. The Morgan fingerprint density at radius 2 is 2.20 bits per heavy atom. The zero-order chi connectivity index (χ0) is 14.6. The number of nitrogens with zero attached hydrogens (tertiary/aromatic N) is 4. The van der Waals surface area contributed by atoms with Crippen molar-refractivity contribution in [2.75, 3.05) is 0 Å². The van der Waals surface area contributed by atoms with Crippen molar-refractivity contribution in [3.05, 3.63) is 53.1 Å². The second-order valence-electron chi connectivity index (χ2n) is 4.24. The highest BCUT2D eigenvalue weighted by molar-refractivity contribution is 6.30. The van der Waals surface area contributed by atoms with E-state index < -0.39 is 5.66 Å². The number of aliphatic imine (C=N–C) groups is 2. The minimum absolute atomic E-state index is 0.618. The van der Waals surface area contributed by atoms with E-state index in [4.69, 9.17) is 17.3 Å². The molecule has 0 saturated heterocycles. The Hall–Kier alpha value is -2.14. The van der Waals surface area contributed by atoms with E-state index in [1.165, 1.54) is 6.34 Å². The van der Waals surface area contributed by atoms with Crippen LogP contribution >= 0.6 is 11.6 Å². The van der Waals surface area contributed by atoms with E-state index in [1.54, 1.807) is 24.8 Å². The van der Waals surface area contributed by atoms with Crippen LogP contribution in [0.15, 0.2) is 46.8 Å². The Kier molecular flexibility index (Phi) is 4.20. The number of aromatic nitrogens is 2. The molecule has 6 heteroatoms. The van der Waals surface area contributed by atoms with Crippen molar-refractivity contribution in [2.45, 2.75) is 12.6 Å². The van der Waals surface area contributed by atoms with Gasteiger partial charge in [-0.15, -0.1) is 0 Å². The lowest BCUT2D eigenvalue weighted by Gasteiger charge is -2.26. The van der Waals surface area contributed by atoms with Crippen LogP contribution in [0.5, 0.6) is 0 Å². The lowest BCUT2D eigenvalue weighted by molar-refractivity contribution is 0.536. The minimum atomic E-state index is -0.973. The van der Waals surface area contributed by atoms with Crippen molar-refractivity contribution in [1.82, 2.24) is 9.55 Å². The maximum Gasteiger partial charge on any atom is 0.218 e. The Labute approximate surface area is 122 Å². The van der Waals surface area contributed by atoms with E-state index in [0.29, 0.717) is 5.02 Å². The first kappa shape index (κ1) is 14.3. The summed E-state index contributed by atoms with van der Waals surface area (Å²) in [7, 11) is 1.89. The second kappa shape index (κ2) is 5.88. The summed E-state index contributed by atoms with van der Waals surface area (Å²) < 4.78 is 1.86. The van der Waals surface area contributed by atoms with E-state index >= 15 is 0 Å². The molecule has 0 fully saturated rings. The first-order valence-corrected chi connectivity index (χ1v) is 6.50. The van der Waals surface area contributed by atoms with E-state index in [-0.39, 0.29) is 0 Å². The molecule has 0 amide bonds. The van der Waals surface area contributed by atoms with Crippen molar-refractivity contribution < 1.29 is 0 Å². The normalized spacial score (nSPS) is 14.9. The Bertz CT molecular complexity index is 633. The van der Waals surface area contributed by atoms with Crippen molar-refractivity contribution in [3.63, 3.8) is 0 Å². The summed E-state index contributed by atoms with van der Waals surface area (Å²) in [6, 6.07) is 7.41. The molecule has 2 aromatic rings. The highest BCUT2D eigenvalue weighted by Gasteiger charge is 2.35. The van der Waals surface area contributed by atoms with Crippen molar-refractivity contribution in [3.8, 4) is 0 Å². The zero-order valence-corrected chi connectivity index (χ0v) is 12.1. The molecule has 1 aromatic carbocycles. The number of hydrogen-bond donors (Lipinski definition) is 1. The van der Waals surface area contributed by atoms with Crippen LogP contribution < -0.4 is 5.73 Å². The van der Waals surface area contributed by atoms with Crippen molar-refractivity contribution >= 4 is 24.2 Å². The van der Waals surface area contributed by atoms with Crippen molar-refractivity contribution in [2.24, 2.45) is 22.8 Å². The van der Waals surface area contributed by atoms with Gasteiger partial charge in [-0.1, -0.05) is 23.7 Å². The number of halogens is 1. The molecule has 1 aromatic heterocycles. The molecule has 5 nitrogen and oxygen atoms in total. The molecule has 0 saturated carbocycles. The topological polar surface area (TPSA) is 68.6 Å². The third kappa shape index (κ3) is 2.44. The van der Waals surface area contributed by atoms with E-state index in [0.717, 1.165) is 11.3 Å². The molecular weight excluding hydrogens is 274 g/mol. The van der Waals surface area contributed by atoms with Crippen LogP contribution in [-0.4, -0.2) is 22.1 Å². The summed E-state index contributed by atoms with van der Waals surface area (Å²) in [5.74, 6) is 0. The average Bonchev–Trinajstić information content (AvgIpc) is 2.85.